The standard InChI is InChI=1S/C9H9BrN2O6S/c10-8-6(3-5(18-8)9(14)15)19(16,17)12-2-1-11-7(13)4-12/h3H,1-2,4H2,(H,11,13)(H,14,15). The molecule has 1 aliphatic heterocycles. The van der Waals surface area contributed by atoms with Crippen LogP contribution in [-0.4, -0.2) is 49.3 Å². The first-order chi connectivity index (χ1) is 8.82. The lowest BCUT2D eigenvalue weighted by Gasteiger charge is -2.25. The second-order valence-electron chi connectivity index (χ2n) is 3.74. The first-order valence-electron chi connectivity index (χ1n) is 5.12. The normalized spacial score (nSPS) is 17.2. The van der Waals surface area contributed by atoms with Gasteiger partial charge in [0.25, 0.3) is 0 Å². The van der Waals surface area contributed by atoms with E-state index in [2.05, 4.69) is 21.2 Å². The van der Waals surface area contributed by atoms with Crippen molar-refractivity contribution in [3.8, 4) is 0 Å². The van der Waals surface area contributed by atoms with Gasteiger partial charge in [0.15, 0.2) is 4.67 Å². The predicted octanol–water partition coefficient (Wildman–Crippen LogP) is -0.139. The van der Waals surface area contributed by atoms with Crippen LogP contribution in [0.15, 0.2) is 20.0 Å². The molecule has 104 valence electrons. The minimum Gasteiger partial charge on any atom is -0.475 e. The maximum Gasteiger partial charge on any atom is 0.371 e. The molecule has 19 heavy (non-hydrogen) atoms. The summed E-state index contributed by atoms with van der Waals surface area (Å²) in [5.74, 6) is -2.28. The Hall–Kier alpha value is -1.39. The first kappa shape index (κ1) is 14.0. The number of nitrogens with one attached hydrogen (secondary N) is 1. The monoisotopic (exact) mass is 352 g/mol. The molecule has 1 amide bonds. The highest BCUT2D eigenvalue weighted by Crippen LogP contribution is 2.28. The van der Waals surface area contributed by atoms with Gasteiger partial charge < -0.3 is 14.8 Å². The topological polar surface area (TPSA) is 117 Å². The van der Waals surface area contributed by atoms with Gasteiger partial charge in [0.1, 0.15) is 4.90 Å². The summed E-state index contributed by atoms with van der Waals surface area (Å²) in [6.45, 7) is 0.0236. The van der Waals surface area contributed by atoms with Gasteiger partial charge in [0.05, 0.1) is 6.54 Å². The second kappa shape index (κ2) is 4.94. The summed E-state index contributed by atoms with van der Waals surface area (Å²) in [6, 6.07) is 0.911. The molecule has 1 aromatic rings. The number of carboxylic acid groups (broad SMARTS) is 1. The molecular formula is C9H9BrN2O6S. The number of carbonyl (C=O) groups excluding carboxylic acids is 1. The van der Waals surface area contributed by atoms with Crippen molar-refractivity contribution in [2.45, 2.75) is 4.90 Å². The molecule has 2 heterocycles. The Labute approximate surface area is 116 Å². The lowest BCUT2D eigenvalue weighted by atomic mass is 10.4. The summed E-state index contributed by atoms with van der Waals surface area (Å²) in [5, 5.41) is 11.3. The van der Waals surface area contributed by atoms with E-state index in [0.29, 0.717) is 0 Å². The molecule has 1 aromatic heterocycles. The number of hydrogen-bond acceptors (Lipinski definition) is 5. The third-order valence-electron chi connectivity index (χ3n) is 2.49. The Morgan fingerprint density at radius 2 is 2.21 bits per heavy atom. The van der Waals surface area contributed by atoms with E-state index in [1.807, 2.05) is 0 Å². The molecule has 0 atom stereocenters. The number of hydrogen-bond donors (Lipinski definition) is 2. The lowest BCUT2D eigenvalue weighted by molar-refractivity contribution is -0.122. The van der Waals surface area contributed by atoms with Crippen molar-refractivity contribution in [2.24, 2.45) is 0 Å². The van der Waals surface area contributed by atoms with Crippen LogP contribution in [0.4, 0.5) is 0 Å². The number of rotatable bonds is 3. The molecule has 0 radical (unpaired) electrons. The van der Waals surface area contributed by atoms with Crippen molar-refractivity contribution >= 4 is 37.8 Å². The molecule has 0 unspecified atom stereocenters. The van der Waals surface area contributed by atoms with Crippen molar-refractivity contribution in [3.63, 3.8) is 0 Å². The van der Waals surface area contributed by atoms with Crippen molar-refractivity contribution in [1.29, 1.82) is 0 Å². The molecule has 0 aromatic carbocycles. The molecular weight excluding hydrogens is 344 g/mol. The van der Waals surface area contributed by atoms with E-state index in [0.717, 1.165) is 10.4 Å². The predicted molar refractivity (Wildman–Crippen MR) is 65.1 cm³/mol. The van der Waals surface area contributed by atoms with Gasteiger partial charge in [-0.15, -0.1) is 0 Å². The van der Waals surface area contributed by atoms with Gasteiger partial charge in [0.2, 0.25) is 21.7 Å². The number of amides is 1. The summed E-state index contributed by atoms with van der Waals surface area (Å²) in [7, 11) is -3.97. The lowest BCUT2D eigenvalue weighted by Crippen LogP contribution is -2.49. The Kier molecular flexibility index (Phi) is 3.65. The Morgan fingerprint density at radius 1 is 1.53 bits per heavy atom. The fourth-order valence-electron chi connectivity index (χ4n) is 1.59. The Morgan fingerprint density at radius 3 is 2.74 bits per heavy atom. The highest BCUT2D eigenvalue weighted by Gasteiger charge is 2.33. The molecule has 0 spiro atoms. The molecule has 0 aliphatic carbocycles. The number of carbonyl (C=O) groups is 2. The van der Waals surface area contributed by atoms with Crippen LogP contribution in [0.25, 0.3) is 0 Å². The number of furan rings is 1. The summed E-state index contributed by atoms with van der Waals surface area (Å²) < 4.78 is 30.1. The molecule has 10 heteroatoms. The second-order valence-corrected chi connectivity index (χ2v) is 6.37. The average molecular weight is 353 g/mol. The molecule has 1 saturated heterocycles. The smallest absolute Gasteiger partial charge is 0.371 e. The number of sulfonamides is 1. The summed E-state index contributed by atoms with van der Waals surface area (Å²) >= 11 is 2.87. The van der Waals surface area contributed by atoms with Gasteiger partial charge >= 0.3 is 5.97 Å². The fourth-order valence-corrected chi connectivity index (χ4v) is 3.89. The summed E-state index contributed by atoms with van der Waals surface area (Å²) in [6.07, 6.45) is 0. The van der Waals surface area contributed by atoms with Crippen LogP contribution in [0.1, 0.15) is 10.6 Å². The van der Waals surface area contributed by atoms with E-state index in [-0.39, 0.29) is 29.2 Å². The highest BCUT2D eigenvalue weighted by molar-refractivity contribution is 9.10. The van der Waals surface area contributed by atoms with Gasteiger partial charge in [-0.2, -0.15) is 4.31 Å². The quantitative estimate of drug-likeness (QED) is 0.781. The van der Waals surface area contributed by atoms with E-state index in [9.17, 15) is 18.0 Å². The van der Waals surface area contributed by atoms with Crippen LogP contribution in [0, 0.1) is 0 Å². The van der Waals surface area contributed by atoms with Crippen molar-refractivity contribution in [3.05, 3.63) is 16.5 Å². The molecule has 1 aliphatic rings. The number of halogens is 1. The summed E-state index contributed by atoms with van der Waals surface area (Å²) in [5.41, 5.74) is 0. The Bertz CT molecular complexity index is 637. The van der Waals surface area contributed by atoms with Crippen LogP contribution >= 0.6 is 15.9 Å². The van der Waals surface area contributed by atoms with E-state index in [1.165, 1.54) is 0 Å². The van der Waals surface area contributed by atoms with E-state index >= 15 is 0 Å². The first-order valence-corrected chi connectivity index (χ1v) is 7.35. The largest absolute Gasteiger partial charge is 0.475 e. The third kappa shape index (κ3) is 2.65. The zero-order valence-corrected chi connectivity index (χ0v) is 11.8. The van der Waals surface area contributed by atoms with Crippen molar-refractivity contribution in [1.82, 2.24) is 9.62 Å². The molecule has 1 fully saturated rings. The van der Waals surface area contributed by atoms with Crippen LogP contribution < -0.4 is 5.32 Å². The van der Waals surface area contributed by atoms with E-state index in [1.54, 1.807) is 0 Å². The minimum absolute atomic E-state index is 0.119. The average Bonchev–Trinajstić information content (AvgIpc) is 2.72. The zero-order chi connectivity index (χ0) is 14.2. The van der Waals surface area contributed by atoms with E-state index in [4.69, 9.17) is 9.52 Å². The highest BCUT2D eigenvalue weighted by atomic mass is 79.9. The summed E-state index contributed by atoms with van der Waals surface area (Å²) in [4.78, 5) is 21.6. The Balaban J connectivity index is 2.39. The number of carboxylic acids is 1. The molecule has 2 N–H and O–H groups in total. The minimum atomic E-state index is -3.97. The maximum atomic E-state index is 12.3. The van der Waals surface area contributed by atoms with Gasteiger partial charge in [-0.05, 0) is 15.9 Å². The molecule has 0 bridgehead atoms. The fraction of sp³-hybridized carbons (Fsp3) is 0.333. The van der Waals surface area contributed by atoms with Gasteiger partial charge in [0, 0.05) is 19.2 Å². The van der Waals surface area contributed by atoms with Gasteiger partial charge in [-0.1, -0.05) is 0 Å². The van der Waals surface area contributed by atoms with E-state index < -0.39 is 27.7 Å². The SMILES string of the molecule is O=C1CN(S(=O)(=O)c2cc(C(=O)O)oc2Br)CCN1. The number of piperazine rings is 1. The molecule has 8 nitrogen and oxygen atoms in total. The van der Waals surface area contributed by atoms with Crippen molar-refractivity contribution in [2.75, 3.05) is 19.6 Å². The molecule has 2 rings (SSSR count). The maximum absolute atomic E-state index is 12.3. The van der Waals surface area contributed by atoms with Crippen molar-refractivity contribution < 1.29 is 27.5 Å². The van der Waals surface area contributed by atoms with Crippen LogP contribution in [0.2, 0.25) is 0 Å². The van der Waals surface area contributed by atoms with Crippen LogP contribution in [0.3, 0.4) is 0 Å². The van der Waals surface area contributed by atoms with Crippen LogP contribution in [-0.2, 0) is 14.8 Å². The number of aromatic carboxylic acids is 1. The van der Waals surface area contributed by atoms with Gasteiger partial charge in [-0.25, -0.2) is 13.2 Å². The zero-order valence-electron chi connectivity index (χ0n) is 9.42. The third-order valence-corrected chi connectivity index (χ3v) is 5.19. The van der Waals surface area contributed by atoms with Gasteiger partial charge in [-0.3, -0.25) is 4.79 Å². The number of nitrogens with zero attached hydrogens (tertiary/aromatic N) is 1. The van der Waals surface area contributed by atoms with Crippen LogP contribution in [0.5, 0.6) is 0 Å². The molecule has 0 saturated carbocycles.